The van der Waals surface area contributed by atoms with Crippen molar-refractivity contribution in [1.82, 2.24) is 20.1 Å². The number of nitrogens with one attached hydrogen (secondary N) is 2. The Bertz CT molecular complexity index is 795. The summed E-state index contributed by atoms with van der Waals surface area (Å²) >= 11 is 23.5. The Morgan fingerprint density at radius 1 is 1.30 bits per heavy atom. The maximum absolute atomic E-state index is 12.1. The lowest BCUT2D eigenvalue weighted by atomic mass is 9.83. The molecule has 0 spiro atoms. The summed E-state index contributed by atoms with van der Waals surface area (Å²) in [5.41, 5.74) is 1.07. The minimum Gasteiger partial charge on any atom is -0.348 e. The van der Waals surface area contributed by atoms with E-state index in [0.717, 1.165) is 12.1 Å². The van der Waals surface area contributed by atoms with Gasteiger partial charge in [-0.1, -0.05) is 47.8 Å². The fourth-order valence-electron chi connectivity index (χ4n) is 3.74. The minimum absolute atomic E-state index is 0.0369. The number of halogens is 3. The van der Waals surface area contributed by atoms with E-state index in [-0.39, 0.29) is 23.8 Å². The molecule has 148 valence electrons. The second kappa shape index (κ2) is 8.15. The summed E-state index contributed by atoms with van der Waals surface area (Å²) in [6.07, 6.45) is 0.354. The number of rotatable bonds is 3. The number of hydrogen-bond acceptors (Lipinski definition) is 3. The third-order valence-electron chi connectivity index (χ3n) is 4.99. The summed E-state index contributed by atoms with van der Waals surface area (Å²) in [6.45, 7) is 3.76. The number of pyridine rings is 1. The Hall–Kier alpha value is -1.02. The highest BCUT2D eigenvalue weighted by atomic mass is 35.6. The van der Waals surface area contributed by atoms with Crippen molar-refractivity contribution in [2.24, 2.45) is 5.92 Å². The van der Waals surface area contributed by atoms with E-state index >= 15 is 0 Å². The Kier molecular flexibility index (Phi) is 6.25. The average molecular weight is 452 g/mol. The predicted molar refractivity (Wildman–Crippen MR) is 111 cm³/mol. The van der Waals surface area contributed by atoms with Gasteiger partial charge in [-0.2, -0.15) is 0 Å². The SMILES string of the molecule is CCC(=O)N[C@@H](NC(=S)N1C[C@@H]2C[C@H](C1)c1cccc(=O)n1C2)C(Cl)(Cl)Cl. The van der Waals surface area contributed by atoms with E-state index in [9.17, 15) is 9.59 Å². The Morgan fingerprint density at radius 2 is 2.04 bits per heavy atom. The number of piperidine rings is 1. The van der Waals surface area contributed by atoms with Crippen molar-refractivity contribution in [1.29, 1.82) is 0 Å². The fourth-order valence-corrected chi connectivity index (χ4v) is 4.33. The van der Waals surface area contributed by atoms with Gasteiger partial charge in [0.15, 0.2) is 5.11 Å². The first-order valence-corrected chi connectivity index (χ1v) is 10.3. The van der Waals surface area contributed by atoms with Gasteiger partial charge in [0.25, 0.3) is 5.56 Å². The number of carbonyl (C=O) groups is 1. The zero-order valence-corrected chi connectivity index (χ0v) is 17.8. The van der Waals surface area contributed by atoms with Gasteiger partial charge in [-0.15, -0.1) is 0 Å². The van der Waals surface area contributed by atoms with Crippen LogP contribution in [0.1, 0.15) is 31.4 Å². The van der Waals surface area contributed by atoms with Crippen LogP contribution in [0.5, 0.6) is 0 Å². The Balaban J connectivity index is 1.73. The zero-order chi connectivity index (χ0) is 19.8. The summed E-state index contributed by atoms with van der Waals surface area (Å²) < 4.78 is 0.110. The summed E-state index contributed by atoms with van der Waals surface area (Å²) in [7, 11) is 0. The smallest absolute Gasteiger partial charge is 0.250 e. The summed E-state index contributed by atoms with van der Waals surface area (Å²) in [6, 6.07) is 5.38. The molecular formula is C17H21Cl3N4O2S. The zero-order valence-electron chi connectivity index (χ0n) is 14.8. The molecule has 6 nitrogen and oxygen atoms in total. The summed E-state index contributed by atoms with van der Waals surface area (Å²) in [5.74, 6) is 0.278. The minimum atomic E-state index is -1.75. The van der Waals surface area contributed by atoms with Gasteiger partial charge < -0.3 is 20.1 Å². The molecule has 1 saturated heterocycles. The van der Waals surface area contributed by atoms with Crippen LogP contribution in [0, 0.1) is 5.92 Å². The van der Waals surface area contributed by atoms with Gasteiger partial charge in [0, 0.05) is 43.7 Å². The van der Waals surface area contributed by atoms with Crippen molar-refractivity contribution in [2.45, 2.75) is 42.2 Å². The number of nitrogens with zero attached hydrogens (tertiary/aromatic N) is 2. The van der Waals surface area contributed by atoms with Gasteiger partial charge in [0.2, 0.25) is 9.70 Å². The van der Waals surface area contributed by atoms with Crippen LogP contribution in [0.4, 0.5) is 0 Å². The van der Waals surface area contributed by atoms with E-state index in [1.54, 1.807) is 19.1 Å². The molecule has 2 aliphatic rings. The van der Waals surface area contributed by atoms with Gasteiger partial charge in [0.05, 0.1) is 0 Å². The lowest BCUT2D eigenvalue weighted by Gasteiger charge is -2.44. The molecule has 3 atom stereocenters. The Morgan fingerprint density at radius 3 is 2.70 bits per heavy atom. The van der Waals surface area contributed by atoms with Crippen molar-refractivity contribution in [3.8, 4) is 0 Å². The van der Waals surface area contributed by atoms with E-state index in [1.165, 1.54) is 0 Å². The van der Waals surface area contributed by atoms with E-state index in [1.807, 2.05) is 15.5 Å². The third-order valence-corrected chi connectivity index (χ3v) is 6.02. The van der Waals surface area contributed by atoms with E-state index in [0.29, 0.717) is 30.7 Å². The lowest BCUT2D eigenvalue weighted by molar-refractivity contribution is -0.121. The van der Waals surface area contributed by atoms with Gasteiger partial charge >= 0.3 is 0 Å². The molecule has 10 heteroatoms. The van der Waals surface area contributed by atoms with Crippen molar-refractivity contribution in [3.05, 3.63) is 34.2 Å². The normalized spacial score (nSPS) is 22.6. The molecule has 3 rings (SSSR count). The molecule has 1 aromatic heterocycles. The number of carbonyl (C=O) groups excluding carboxylic acids is 1. The Labute approximate surface area is 178 Å². The van der Waals surface area contributed by atoms with Crippen molar-refractivity contribution in [2.75, 3.05) is 13.1 Å². The predicted octanol–water partition coefficient (Wildman–Crippen LogP) is 2.36. The molecule has 0 unspecified atom stereocenters. The molecule has 3 heterocycles. The second-order valence-corrected chi connectivity index (χ2v) is 9.70. The van der Waals surface area contributed by atoms with E-state index in [2.05, 4.69) is 10.6 Å². The summed E-state index contributed by atoms with van der Waals surface area (Å²) in [5, 5.41) is 6.04. The molecule has 0 aromatic carbocycles. The van der Waals surface area contributed by atoms with Crippen molar-refractivity contribution in [3.63, 3.8) is 0 Å². The third kappa shape index (κ3) is 4.70. The molecule has 1 fully saturated rings. The first kappa shape index (κ1) is 20.7. The van der Waals surface area contributed by atoms with Crippen LogP contribution in [-0.4, -0.2) is 43.5 Å². The molecule has 2 aliphatic heterocycles. The van der Waals surface area contributed by atoms with Crippen LogP contribution in [0.15, 0.2) is 23.0 Å². The fraction of sp³-hybridized carbons (Fsp3) is 0.588. The number of alkyl halides is 3. The van der Waals surface area contributed by atoms with Gasteiger partial charge in [0.1, 0.15) is 6.17 Å². The number of aromatic nitrogens is 1. The molecule has 1 amide bonds. The second-order valence-electron chi connectivity index (χ2n) is 6.95. The van der Waals surface area contributed by atoms with Crippen LogP contribution < -0.4 is 16.2 Å². The largest absolute Gasteiger partial charge is 0.348 e. The van der Waals surface area contributed by atoms with Crippen molar-refractivity contribution >= 4 is 58.0 Å². The van der Waals surface area contributed by atoms with Crippen LogP contribution >= 0.6 is 47.0 Å². The van der Waals surface area contributed by atoms with Gasteiger partial charge in [-0.25, -0.2) is 0 Å². The molecule has 2 bridgehead atoms. The van der Waals surface area contributed by atoms with E-state index in [4.69, 9.17) is 47.0 Å². The lowest BCUT2D eigenvalue weighted by Crippen LogP contribution is -2.60. The number of amides is 1. The van der Waals surface area contributed by atoms with Crippen LogP contribution in [0.25, 0.3) is 0 Å². The van der Waals surface area contributed by atoms with Crippen LogP contribution in [-0.2, 0) is 11.3 Å². The number of fused-ring (bicyclic) bond motifs is 4. The molecule has 27 heavy (non-hydrogen) atoms. The number of hydrogen-bond donors (Lipinski definition) is 2. The standard InChI is InChI=1S/C17H21Cl3N4O2S/c1-2-13(25)21-15(17(18,19)20)22-16(27)23-7-10-6-11(9-23)12-4-3-5-14(26)24(12)8-10/h3-5,10-11,15H,2,6-9H2,1H3,(H,21,25)(H,22,27)/t10-,11+,15-/m0/s1. The molecule has 0 saturated carbocycles. The highest BCUT2D eigenvalue weighted by Crippen LogP contribution is 2.35. The molecule has 0 aliphatic carbocycles. The maximum atomic E-state index is 12.1. The summed E-state index contributed by atoms with van der Waals surface area (Å²) in [4.78, 5) is 25.9. The van der Waals surface area contributed by atoms with Gasteiger partial charge in [-0.05, 0) is 30.6 Å². The van der Waals surface area contributed by atoms with Gasteiger partial charge in [-0.3, -0.25) is 9.59 Å². The molecule has 0 radical (unpaired) electrons. The number of likely N-dealkylation sites (tertiary alicyclic amines) is 1. The van der Waals surface area contributed by atoms with Crippen molar-refractivity contribution < 1.29 is 4.79 Å². The quantitative estimate of drug-likeness (QED) is 0.420. The monoisotopic (exact) mass is 450 g/mol. The maximum Gasteiger partial charge on any atom is 0.250 e. The molecular weight excluding hydrogens is 431 g/mol. The topological polar surface area (TPSA) is 66.4 Å². The first-order valence-electron chi connectivity index (χ1n) is 8.80. The average Bonchev–Trinajstić information content (AvgIpc) is 2.61. The van der Waals surface area contributed by atoms with Crippen LogP contribution in [0.2, 0.25) is 0 Å². The van der Waals surface area contributed by atoms with Crippen LogP contribution in [0.3, 0.4) is 0 Å². The first-order chi connectivity index (χ1) is 12.7. The molecule has 2 N–H and O–H groups in total. The molecule has 1 aromatic rings. The highest BCUT2D eigenvalue weighted by Gasteiger charge is 2.38. The highest BCUT2D eigenvalue weighted by molar-refractivity contribution is 7.80. The number of thiocarbonyl (C=S) groups is 1. The van der Waals surface area contributed by atoms with E-state index < -0.39 is 9.96 Å².